The third-order valence-corrected chi connectivity index (χ3v) is 3.13. The summed E-state index contributed by atoms with van der Waals surface area (Å²) in [7, 11) is 4.07. The summed E-state index contributed by atoms with van der Waals surface area (Å²) in [5.41, 5.74) is 3.45. The van der Waals surface area contributed by atoms with E-state index in [-0.39, 0.29) is 10.6 Å². The average molecular weight is 285 g/mol. The molecule has 2 aromatic rings. The van der Waals surface area contributed by atoms with Crippen LogP contribution in [0.5, 0.6) is 0 Å². The van der Waals surface area contributed by atoms with Gasteiger partial charge >= 0.3 is 0 Å². The van der Waals surface area contributed by atoms with Crippen molar-refractivity contribution in [3.8, 4) is 0 Å². The smallest absolute Gasteiger partial charge is 0.269 e. The molecule has 0 aliphatic heterocycles. The van der Waals surface area contributed by atoms with Crippen molar-refractivity contribution in [3.05, 3.63) is 69.8 Å². The zero-order valence-corrected chi connectivity index (χ0v) is 12.2. The van der Waals surface area contributed by atoms with Gasteiger partial charge in [-0.2, -0.15) is 0 Å². The molecule has 0 unspecified atom stereocenters. The molecule has 0 saturated carbocycles. The normalized spacial score (nSPS) is 10.6. The lowest BCUT2D eigenvalue weighted by atomic mass is 10.1. The fraction of sp³-hybridized carbons (Fsp3) is 0.250. The summed E-state index contributed by atoms with van der Waals surface area (Å²) in [4.78, 5) is 12.4. The number of benzene rings is 2. The van der Waals surface area contributed by atoms with Crippen LogP contribution in [0.15, 0.2) is 48.5 Å². The van der Waals surface area contributed by atoms with Gasteiger partial charge in [0, 0.05) is 30.9 Å². The van der Waals surface area contributed by atoms with E-state index in [1.807, 2.05) is 32.3 Å². The molecule has 0 aromatic heterocycles. The predicted octanol–water partition coefficient (Wildman–Crippen LogP) is 3.27. The van der Waals surface area contributed by atoms with Gasteiger partial charge in [0.1, 0.15) is 0 Å². The summed E-state index contributed by atoms with van der Waals surface area (Å²) in [6.45, 7) is 1.51. The Morgan fingerprint density at radius 3 is 2.38 bits per heavy atom. The summed E-state index contributed by atoms with van der Waals surface area (Å²) in [5.74, 6) is 0. The zero-order chi connectivity index (χ0) is 15.2. The number of para-hydroxylation sites is 1. The molecule has 0 spiro atoms. The van der Waals surface area contributed by atoms with Crippen molar-refractivity contribution >= 4 is 11.4 Å². The lowest BCUT2D eigenvalue weighted by Gasteiger charge is -2.15. The number of nitro benzene ring substituents is 1. The predicted molar refractivity (Wildman–Crippen MR) is 84.3 cm³/mol. The Bertz CT molecular complexity index is 609. The van der Waals surface area contributed by atoms with Gasteiger partial charge in [0.2, 0.25) is 0 Å². The van der Waals surface area contributed by atoms with E-state index in [1.54, 1.807) is 12.1 Å². The second-order valence-corrected chi connectivity index (χ2v) is 5.17. The van der Waals surface area contributed by atoms with Crippen molar-refractivity contribution in [2.75, 3.05) is 19.4 Å². The molecule has 2 aromatic carbocycles. The van der Waals surface area contributed by atoms with Crippen molar-refractivity contribution in [2.45, 2.75) is 13.1 Å². The standard InChI is InChI=1S/C16H19N3O2/c1-18(2)12-14-5-3-4-6-16(14)17-11-13-7-9-15(10-8-13)19(20)21/h3-10,17H,11-12H2,1-2H3. The molecule has 0 heterocycles. The first-order valence-electron chi connectivity index (χ1n) is 6.76. The van der Waals surface area contributed by atoms with E-state index in [2.05, 4.69) is 16.3 Å². The van der Waals surface area contributed by atoms with Crippen molar-refractivity contribution in [2.24, 2.45) is 0 Å². The highest BCUT2D eigenvalue weighted by molar-refractivity contribution is 5.51. The van der Waals surface area contributed by atoms with E-state index < -0.39 is 0 Å². The first-order chi connectivity index (χ1) is 10.1. The Morgan fingerprint density at radius 2 is 1.76 bits per heavy atom. The van der Waals surface area contributed by atoms with Crippen LogP contribution in [0.25, 0.3) is 0 Å². The van der Waals surface area contributed by atoms with Gasteiger partial charge < -0.3 is 10.2 Å². The van der Waals surface area contributed by atoms with Crippen molar-refractivity contribution in [1.82, 2.24) is 4.90 Å². The Morgan fingerprint density at radius 1 is 1.10 bits per heavy atom. The molecule has 0 fully saturated rings. The molecule has 0 aliphatic carbocycles. The molecule has 5 heteroatoms. The van der Waals surface area contributed by atoms with Gasteiger partial charge in [-0.15, -0.1) is 0 Å². The number of rotatable bonds is 6. The number of nitrogens with one attached hydrogen (secondary N) is 1. The van der Waals surface area contributed by atoms with Crippen LogP contribution in [0.3, 0.4) is 0 Å². The van der Waals surface area contributed by atoms with Crippen LogP contribution in [-0.4, -0.2) is 23.9 Å². The highest BCUT2D eigenvalue weighted by Gasteiger charge is 2.05. The van der Waals surface area contributed by atoms with Crippen LogP contribution in [0, 0.1) is 10.1 Å². The van der Waals surface area contributed by atoms with Crippen molar-refractivity contribution in [1.29, 1.82) is 0 Å². The first-order valence-corrected chi connectivity index (χ1v) is 6.76. The minimum Gasteiger partial charge on any atom is -0.381 e. The Kier molecular flexibility index (Phi) is 4.90. The Balaban J connectivity index is 2.04. The van der Waals surface area contributed by atoms with Gasteiger partial charge in [-0.3, -0.25) is 10.1 Å². The quantitative estimate of drug-likeness (QED) is 0.653. The van der Waals surface area contributed by atoms with Crippen LogP contribution in [0.4, 0.5) is 11.4 Å². The topological polar surface area (TPSA) is 58.4 Å². The molecule has 0 amide bonds. The number of hydrogen-bond acceptors (Lipinski definition) is 4. The average Bonchev–Trinajstić information content (AvgIpc) is 2.46. The molecule has 5 nitrogen and oxygen atoms in total. The molecule has 0 radical (unpaired) electrons. The van der Waals surface area contributed by atoms with Crippen molar-refractivity contribution in [3.63, 3.8) is 0 Å². The SMILES string of the molecule is CN(C)Cc1ccccc1NCc1ccc([N+](=O)[O-])cc1. The summed E-state index contributed by atoms with van der Waals surface area (Å²) in [6, 6.07) is 14.8. The molecule has 21 heavy (non-hydrogen) atoms. The van der Waals surface area contributed by atoms with Gasteiger partial charge in [-0.1, -0.05) is 30.3 Å². The van der Waals surface area contributed by atoms with E-state index >= 15 is 0 Å². The number of nitro groups is 1. The minimum atomic E-state index is -0.385. The number of anilines is 1. The lowest BCUT2D eigenvalue weighted by Crippen LogP contribution is -2.12. The van der Waals surface area contributed by atoms with E-state index in [0.29, 0.717) is 6.54 Å². The molecule has 1 N–H and O–H groups in total. The number of hydrogen-bond donors (Lipinski definition) is 1. The van der Waals surface area contributed by atoms with Crippen LogP contribution >= 0.6 is 0 Å². The fourth-order valence-electron chi connectivity index (χ4n) is 2.10. The highest BCUT2D eigenvalue weighted by Crippen LogP contribution is 2.18. The summed E-state index contributed by atoms with van der Waals surface area (Å²) >= 11 is 0. The zero-order valence-electron chi connectivity index (χ0n) is 12.2. The Labute approximate surface area is 124 Å². The molecule has 110 valence electrons. The van der Waals surface area contributed by atoms with E-state index in [1.165, 1.54) is 17.7 Å². The van der Waals surface area contributed by atoms with Gasteiger partial charge in [-0.25, -0.2) is 0 Å². The van der Waals surface area contributed by atoms with Crippen LogP contribution in [0.2, 0.25) is 0 Å². The van der Waals surface area contributed by atoms with E-state index in [0.717, 1.165) is 17.8 Å². The van der Waals surface area contributed by atoms with Crippen LogP contribution in [-0.2, 0) is 13.1 Å². The molecule has 0 atom stereocenters. The maximum Gasteiger partial charge on any atom is 0.269 e. The maximum absolute atomic E-state index is 10.6. The van der Waals surface area contributed by atoms with Gasteiger partial charge in [0.05, 0.1) is 4.92 Å². The largest absolute Gasteiger partial charge is 0.381 e. The molecule has 0 aliphatic rings. The molecular formula is C16H19N3O2. The second-order valence-electron chi connectivity index (χ2n) is 5.17. The third kappa shape index (κ3) is 4.29. The molecule has 0 saturated heterocycles. The highest BCUT2D eigenvalue weighted by atomic mass is 16.6. The molecular weight excluding hydrogens is 266 g/mol. The van der Waals surface area contributed by atoms with Crippen LogP contribution in [0.1, 0.15) is 11.1 Å². The van der Waals surface area contributed by atoms with Gasteiger partial charge in [-0.05, 0) is 31.3 Å². The monoisotopic (exact) mass is 285 g/mol. The lowest BCUT2D eigenvalue weighted by molar-refractivity contribution is -0.384. The summed E-state index contributed by atoms with van der Waals surface area (Å²) in [5, 5.41) is 14.0. The third-order valence-electron chi connectivity index (χ3n) is 3.13. The van der Waals surface area contributed by atoms with E-state index in [9.17, 15) is 10.1 Å². The van der Waals surface area contributed by atoms with Crippen LogP contribution < -0.4 is 5.32 Å². The number of nitrogens with zero attached hydrogens (tertiary/aromatic N) is 2. The van der Waals surface area contributed by atoms with E-state index in [4.69, 9.17) is 0 Å². The van der Waals surface area contributed by atoms with Crippen molar-refractivity contribution < 1.29 is 4.92 Å². The van der Waals surface area contributed by atoms with Gasteiger partial charge in [0.15, 0.2) is 0 Å². The number of non-ortho nitro benzene ring substituents is 1. The molecule has 2 rings (SSSR count). The fourth-order valence-corrected chi connectivity index (χ4v) is 2.10. The second kappa shape index (κ2) is 6.85. The first kappa shape index (κ1) is 15.0. The Hall–Kier alpha value is -2.40. The van der Waals surface area contributed by atoms with Gasteiger partial charge in [0.25, 0.3) is 5.69 Å². The maximum atomic E-state index is 10.6. The minimum absolute atomic E-state index is 0.117. The summed E-state index contributed by atoms with van der Waals surface area (Å²) in [6.07, 6.45) is 0. The molecule has 0 bridgehead atoms. The summed E-state index contributed by atoms with van der Waals surface area (Å²) < 4.78 is 0.